The summed E-state index contributed by atoms with van der Waals surface area (Å²) in [6, 6.07) is 6.29. The predicted octanol–water partition coefficient (Wildman–Crippen LogP) is 2.46. The predicted molar refractivity (Wildman–Crippen MR) is 93.1 cm³/mol. The number of rotatable bonds is 6. The molecule has 8 nitrogen and oxygen atoms in total. The van der Waals surface area contributed by atoms with E-state index in [2.05, 4.69) is 9.72 Å². The first-order chi connectivity index (χ1) is 12.4. The number of hydrogen-bond donors (Lipinski definition) is 1. The lowest BCUT2D eigenvalue weighted by atomic mass is 10.2. The van der Waals surface area contributed by atoms with Crippen molar-refractivity contribution >= 4 is 29.3 Å². The molecule has 2 rings (SSSR count). The number of esters is 1. The Morgan fingerprint density at radius 1 is 1.23 bits per heavy atom. The number of ether oxygens (including phenoxy) is 3. The highest BCUT2D eigenvalue weighted by atomic mass is 32.1. The van der Waals surface area contributed by atoms with Gasteiger partial charge in [0.1, 0.15) is 12.4 Å². The molecular formula is C17H18N2O6S. The van der Waals surface area contributed by atoms with Gasteiger partial charge in [-0.1, -0.05) is 0 Å². The van der Waals surface area contributed by atoms with E-state index in [1.807, 2.05) is 17.6 Å². The fraction of sp³-hybridized carbons (Fsp3) is 0.294. The molecule has 0 aliphatic carbocycles. The Morgan fingerprint density at radius 2 is 1.92 bits per heavy atom. The Balaban J connectivity index is 1.87. The molecule has 26 heavy (non-hydrogen) atoms. The first-order valence-corrected chi connectivity index (χ1v) is 8.50. The van der Waals surface area contributed by atoms with Crippen molar-refractivity contribution in [3.63, 3.8) is 0 Å². The largest absolute Gasteiger partial charge is 0.487 e. The molecule has 0 spiro atoms. The highest BCUT2D eigenvalue weighted by Crippen LogP contribution is 2.16. The number of hydrogen-bond acceptors (Lipinski definition) is 8. The van der Waals surface area contributed by atoms with E-state index < -0.39 is 24.1 Å². The minimum absolute atomic E-state index is 0.250. The smallest absolute Gasteiger partial charge is 0.413 e. The average Bonchev–Trinajstić information content (AvgIpc) is 3.05. The molecule has 0 aliphatic heterocycles. The zero-order valence-corrected chi connectivity index (χ0v) is 15.3. The van der Waals surface area contributed by atoms with Gasteiger partial charge in [0.15, 0.2) is 6.10 Å². The molecule has 1 atom stereocenters. The van der Waals surface area contributed by atoms with Gasteiger partial charge in [-0.05, 0) is 38.1 Å². The molecule has 2 aromatic rings. The Morgan fingerprint density at radius 3 is 2.50 bits per heavy atom. The number of amides is 2. The average molecular weight is 378 g/mol. The summed E-state index contributed by atoms with van der Waals surface area (Å²) in [7, 11) is 1.12. The van der Waals surface area contributed by atoms with Gasteiger partial charge in [0.05, 0.1) is 23.4 Å². The van der Waals surface area contributed by atoms with Crippen LogP contribution in [-0.2, 0) is 20.9 Å². The second-order valence-corrected chi connectivity index (χ2v) is 6.26. The van der Waals surface area contributed by atoms with Crippen LogP contribution in [0, 0.1) is 6.92 Å². The van der Waals surface area contributed by atoms with E-state index >= 15 is 0 Å². The van der Waals surface area contributed by atoms with E-state index in [-0.39, 0.29) is 5.56 Å². The van der Waals surface area contributed by atoms with Crippen LogP contribution in [0.5, 0.6) is 5.75 Å². The van der Waals surface area contributed by atoms with E-state index in [4.69, 9.17) is 9.47 Å². The summed E-state index contributed by atoms with van der Waals surface area (Å²) < 4.78 is 14.9. The maximum Gasteiger partial charge on any atom is 0.413 e. The standard InChI is InChI=1S/C17H18N2O6S/c1-10(15(20)19-17(22)23-3)25-16(21)12-4-6-14(7-5-12)24-8-13-9-26-11(2)18-13/h4-7,9-10H,8H2,1-3H3,(H,19,20,22)/t10-/m0/s1. The molecule has 1 aromatic carbocycles. The highest BCUT2D eigenvalue weighted by molar-refractivity contribution is 7.09. The number of nitrogens with zero attached hydrogens (tertiary/aromatic N) is 1. The van der Waals surface area contributed by atoms with Gasteiger partial charge in [-0.15, -0.1) is 11.3 Å². The van der Waals surface area contributed by atoms with Crippen molar-refractivity contribution in [2.75, 3.05) is 7.11 Å². The van der Waals surface area contributed by atoms with Crippen molar-refractivity contribution in [2.24, 2.45) is 0 Å². The minimum Gasteiger partial charge on any atom is -0.487 e. The summed E-state index contributed by atoms with van der Waals surface area (Å²) in [5, 5.41) is 4.81. The van der Waals surface area contributed by atoms with Crippen LogP contribution in [0.3, 0.4) is 0 Å². The number of carbonyl (C=O) groups excluding carboxylic acids is 3. The fourth-order valence-electron chi connectivity index (χ4n) is 1.85. The van der Waals surface area contributed by atoms with Crippen molar-refractivity contribution in [3.8, 4) is 5.75 Å². The lowest BCUT2D eigenvalue weighted by Crippen LogP contribution is -2.39. The van der Waals surface area contributed by atoms with Gasteiger partial charge in [0, 0.05) is 5.38 Å². The molecule has 0 saturated heterocycles. The number of aromatic nitrogens is 1. The van der Waals surface area contributed by atoms with Gasteiger partial charge in [0.25, 0.3) is 5.91 Å². The Kier molecular flexibility index (Phi) is 6.67. The molecule has 1 heterocycles. The highest BCUT2D eigenvalue weighted by Gasteiger charge is 2.21. The number of carbonyl (C=O) groups is 3. The number of thiazole rings is 1. The zero-order chi connectivity index (χ0) is 19.1. The van der Waals surface area contributed by atoms with Crippen LogP contribution in [0.15, 0.2) is 29.6 Å². The van der Waals surface area contributed by atoms with Crippen molar-refractivity contribution in [1.82, 2.24) is 10.3 Å². The first-order valence-electron chi connectivity index (χ1n) is 7.62. The lowest BCUT2D eigenvalue weighted by Gasteiger charge is -2.12. The third-order valence-corrected chi connectivity index (χ3v) is 4.03. The van der Waals surface area contributed by atoms with Crippen molar-refractivity contribution < 1.29 is 28.6 Å². The molecule has 2 amide bonds. The normalized spacial score (nSPS) is 11.3. The summed E-state index contributed by atoms with van der Waals surface area (Å²) in [5.74, 6) is -0.897. The molecule has 0 saturated carbocycles. The second-order valence-electron chi connectivity index (χ2n) is 5.20. The summed E-state index contributed by atoms with van der Waals surface area (Å²) in [6.07, 6.45) is -2.07. The number of imide groups is 1. The van der Waals surface area contributed by atoms with Crippen LogP contribution >= 0.6 is 11.3 Å². The molecule has 9 heteroatoms. The fourth-order valence-corrected chi connectivity index (χ4v) is 2.45. The van der Waals surface area contributed by atoms with E-state index in [9.17, 15) is 14.4 Å². The third-order valence-electron chi connectivity index (χ3n) is 3.21. The molecule has 0 bridgehead atoms. The number of aryl methyl sites for hydroxylation is 1. The monoisotopic (exact) mass is 378 g/mol. The molecule has 1 N–H and O–H groups in total. The SMILES string of the molecule is COC(=O)NC(=O)[C@H](C)OC(=O)c1ccc(OCc2csc(C)n2)cc1. The Bertz CT molecular complexity index is 787. The van der Waals surface area contributed by atoms with Gasteiger partial charge in [-0.3, -0.25) is 10.1 Å². The molecule has 1 aromatic heterocycles. The van der Waals surface area contributed by atoms with E-state index in [1.165, 1.54) is 19.1 Å². The van der Waals surface area contributed by atoms with Gasteiger partial charge in [-0.25, -0.2) is 14.6 Å². The van der Waals surface area contributed by atoms with Gasteiger partial charge in [0.2, 0.25) is 0 Å². The van der Waals surface area contributed by atoms with E-state index in [1.54, 1.807) is 23.5 Å². The van der Waals surface area contributed by atoms with Crippen LogP contribution in [0.1, 0.15) is 28.0 Å². The molecule has 0 aliphatic rings. The molecule has 0 unspecified atom stereocenters. The molecular weight excluding hydrogens is 360 g/mol. The number of nitrogens with one attached hydrogen (secondary N) is 1. The topological polar surface area (TPSA) is 104 Å². The van der Waals surface area contributed by atoms with E-state index in [0.29, 0.717) is 12.4 Å². The van der Waals surface area contributed by atoms with Crippen molar-refractivity contribution in [2.45, 2.75) is 26.6 Å². The Labute approximate surface area is 154 Å². The number of benzene rings is 1. The van der Waals surface area contributed by atoms with Gasteiger partial charge in [-0.2, -0.15) is 0 Å². The molecule has 0 fully saturated rings. The van der Waals surface area contributed by atoms with Crippen LogP contribution in [0.4, 0.5) is 4.79 Å². The summed E-state index contributed by atoms with van der Waals surface area (Å²) >= 11 is 1.54. The van der Waals surface area contributed by atoms with Crippen molar-refractivity contribution in [1.29, 1.82) is 0 Å². The second kappa shape index (κ2) is 8.95. The number of methoxy groups -OCH3 is 1. The first kappa shape index (κ1) is 19.4. The minimum atomic E-state index is -1.15. The number of alkyl carbamates (subject to hydrolysis) is 1. The quantitative estimate of drug-likeness (QED) is 0.770. The van der Waals surface area contributed by atoms with Gasteiger partial charge < -0.3 is 14.2 Å². The summed E-state index contributed by atoms with van der Waals surface area (Å²) in [4.78, 5) is 38.9. The lowest BCUT2D eigenvalue weighted by molar-refractivity contribution is -0.128. The van der Waals surface area contributed by atoms with Crippen LogP contribution in [0.2, 0.25) is 0 Å². The molecule has 138 valence electrons. The van der Waals surface area contributed by atoms with E-state index in [0.717, 1.165) is 17.8 Å². The molecule has 0 radical (unpaired) electrons. The maximum absolute atomic E-state index is 12.0. The van der Waals surface area contributed by atoms with Crippen LogP contribution in [-0.4, -0.2) is 36.2 Å². The Hall–Kier alpha value is -2.94. The summed E-state index contributed by atoms with van der Waals surface area (Å²) in [5.41, 5.74) is 1.08. The third kappa shape index (κ3) is 5.55. The van der Waals surface area contributed by atoms with Crippen molar-refractivity contribution in [3.05, 3.63) is 45.9 Å². The van der Waals surface area contributed by atoms with Crippen LogP contribution in [0.25, 0.3) is 0 Å². The van der Waals surface area contributed by atoms with Gasteiger partial charge >= 0.3 is 12.1 Å². The van der Waals surface area contributed by atoms with Crippen LogP contribution < -0.4 is 10.1 Å². The zero-order valence-electron chi connectivity index (χ0n) is 14.5. The maximum atomic E-state index is 12.0. The summed E-state index contributed by atoms with van der Waals surface area (Å²) in [6.45, 7) is 3.60.